The van der Waals surface area contributed by atoms with Gasteiger partial charge in [0.15, 0.2) is 0 Å². The average Bonchev–Trinajstić information content (AvgIpc) is 2.61. The van der Waals surface area contributed by atoms with Crippen LogP contribution in [0.1, 0.15) is 13.3 Å². The number of rotatable bonds is 7. The molecule has 0 spiro atoms. The van der Waals surface area contributed by atoms with Gasteiger partial charge in [-0.15, -0.1) is 0 Å². The van der Waals surface area contributed by atoms with Crippen LogP contribution < -0.4 is 10.1 Å². The van der Waals surface area contributed by atoms with Crippen molar-refractivity contribution in [3.05, 3.63) is 24.3 Å². The summed E-state index contributed by atoms with van der Waals surface area (Å²) in [6, 6.07) is 6.90. The Morgan fingerprint density at radius 1 is 1.23 bits per heavy atom. The number of carbonyl (C=O) groups is 3. The van der Waals surface area contributed by atoms with Crippen molar-refractivity contribution in [2.24, 2.45) is 5.92 Å². The number of methoxy groups -OCH3 is 1. The second kappa shape index (κ2) is 9.19. The van der Waals surface area contributed by atoms with E-state index in [9.17, 15) is 19.5 Å². The van der Waals surface area contributed by atoms with Crippen LogP contribution in [0.25, 0.3) is 0 Å². The summed E-state index contributed by atoms with van der Waals surface area (Å²) in [5.74, 6) is -1.52. The summed E-state index contributed by atoms with van der Waals surface area (Å²) >= 11 is 0. The van der Waals surface area contributed by atoms with E-state index in [1.807, 2.05) is 4.90 Å². The van der Waals surface area contributed by atoms with Gasteiger partial charge in [-0.3, -0.25) is 19.3 Å². The lowest BCUT2D eigenvalue weighted by Crippen LogP contribution is -2.50. The molecule has 142 valence electrons. The van der Waals surface area contributed by atoms with Crippen molar-refractivity contribution >= 4 is 23.5 Å². The van der Waals surface area contributed by atoms with Crippen molar-refractivity contribution in [3.8, 4) is 5.75 Å². The van der Waals surface area contributed by atoms with Crippen molar-refractivity contribution in [1.29, 1.82) is 0 Å². The maximum Gasteiger partial charge on any atom is 0.308 e. The smallest absolute Gasteiger partial charge is 0.308 e. The molecule has 2 amide bonds. The van der Waals surface area contributed by atoms with E-state index in [0.29, 0.717) is 37.6 Å². The fraction of sp³-hybridized carbons (Fsp3) is 0.500. The second-order valence-electron chi connectivity index (χ2n) is 6.33. The molecule has 0 aliphatic carbocycles. The number of aliphatic carboxylic acids is 1. The summed E-state index contributed by atoms with van der Waals surface area (Å²) in [5, 5.41) is 12.2. The molecule has 1 aromatic rings. The maximum absolute atomic E-state index is 12.2. The van der Waals surface area contributed by atoms with Gasteiger partial charge in [0, 0.05) is 57.8 Å². The number of nitrogens with zero attached hydrogens (tertiary/aromatic N) is 2. The Balaban J connectivity index is 1.88. The summed E-state index contributed by atoms with van der Waals surface area (Å²) in [6.45, 7) is 4.20. The van der Waals surface area contributed by atoms with E-state index < -0.39 is 11.9 Å². The first kappa shape index (κ1) is 19.7. The Labute approximate surface area is 152 Å². The van der Waals surface area contributed by atoms with Crippen LogP contribution in [0.5, 0.6) is 5.75 Å². The molecule has 1 heterocycles. The largest absolute Gasteiger partial charge is 0.497 e. The third kappa shape index (κ3) is 5.73. The Kier molecular flexibility index (Phi) is 6.97. The highest BCUT2D eigenvalue weighted by Gasteiger charge is 2.27. The standard InChI is InChI=1S/C18H25N3O5/c1-13(22)21-8-6-20(7-9-21)12-14(18(24)25)10-17(23)19-15-4-3-5-16(11-15)26-2/h3-5,11,14H,6-10,12H2,1-2H3,(H,19,23)(H,24,25)/t14-/m1/s1. The van der Waals surface area contributed by atoms with Crippen molar-refractivity contribution in [3.63, 3.8) is 0 Å². The fourth-order valence-electron chi connectivity index (χ4n) is 2.92. The van der Waals surface area contributed by atoms with Gasteiger partial charge in [0.1, 0.15) is 5.75 Å². The highest BCUT2D eigenvalue weighted by molar-refractivity contribution is 5.93. The number of hydrogen-bond donors (Lipinski definition) is 2. The third-order valence-corrected chi connectivity index (χ3v) is 4.43. The van der Waals surface area contributed by atoms with Gasteiger partial charge < -0.3 is 20.1 Å². The lowest BCUT2D eigenvalue weighted by atomic mass is 10.0. The quantitative estimate of drug-likeness (QED) is 0.746. The molecule has 2 N–H and O–H groups in total. The molecule has 0 radical (unpaired) electrons. The summed E-state index contributed by atoms with van der Waals surface area (Å²) in [5.41, 5.74) is 0.563. The fourth-order valence-corrected chi connectivity index (χ4v) is 2.92. The van der Waals surface area contributed by atoms with E-state index in [1.165, 1.54) is 14.0 Å². The number of carboxylic acids is 1. The molecule has 2 rings (SSSR count). The Hall–Kier alpha value is -2.61. The molecule has 1 aliphatic rings. The Morgan fingerprint density at radius 2 is 1.92 bits per heavy atom. The zero-order valence-corrected chi connectivity index (χ0v) is 15.1. The first-order valence-electron chi connectivity index (χ1n) is 8.53. The number of carboxylic acid groups (broad SMARTS) is 1. The number of piperazine rings is 1. The summed E-state index contributed by atoms with van der Waals surface area (Å²) in [7, 11) is 1.53. The molecule has 1 aliphatic heterocycles. The van der Waals surface area contributed by atoms with Gasteiger partial charge in [0.05, 0.1) is 13.0 Å². The van der Waals surface area contributed by atoms with Gasteiger partial charge in [-0.2, -0.15) is 0 Å². The number of ether oxygens (including phenoxy) is 1. The molecule has 0 bridgehead atoms. The second-order valence-corrected chi connectivity index (χ2v) is 6.33. The van der Waals surface area contributed by atoms with E-state index in [-0.39, 0.29) is 24.8 Å². The predicted octanol–water partition coefficient (Wildman–Crippen LogP) is 0.889. The number of benzene rings is 1. The van der Waals surface area contributed by atoms with Gasteiger partial charge in [0.2, 0.25) is 11.8 Å². The SMILES string of the molecule is COc1cccc(NC(=O)C[C@H](CN2CCN(C(C)=O)CC2)C(=O)O)c1. The van der Waals surface area contributed by atoms with Crippen molar-refractivity contribution in [2.45, 2.75) is 13.3 Å². The van der Waals surface area contributed by atoms with E-state index in [0.717, 1.165) is 0 Å². The van der Waals surface area contributed by atoms with Crippen molar-refractivity contribution < 1.29 is 24.2 Å². The van der Waals surface area contributed by atoms with Crippen LogP contribution in [0, 0.1) is 5.92 Å². The van der Waals surface area contributed by atoms with E-state index in [1.54, 1.807) is 29.2 Å². The highest BCUT2D eigenvalue weighted by atomic mass is 16.5. The molecule has 0 aromatic heterocycles. The monoisotopic (exact) mass is 363 g/mol. The minimum absolute atomic E-state index is 0.0251. The van der Waals surface area contributed by atoms with Crippen LogP contribution in [0.2, 0.25) is 0 Å². The average molecular weight is 363 g/mol. The van der Waals surface area contributed by atoms with Gasteiger partial charge in [0.25, 0.3) is 0 Å². The van der Waals surface area contributed by atoms with Crippen LogP contribution in [0.15, 0.2) is 24.3 Å². The van der Waals surface area contributed by atoms with E-state index in [2.05, 4.69) is 5.32 Å². The molecule has 1 aromatic carbocycles. The molecular formula is C18H25N3O5. The van der Waals surface area contributed by atoms with Crippen LogP contribution >= 0.6 is 0 Å². The van der Waals surface area contributed by atoms with Gasteiger partial charge in [-0.05, 0) is 12.1 Å². The number of carbonyl (C=O) groups excluding carboxylic acids is 2. The maximum atomic E-state index is 12.2. The van der Waals surface area contributed by atoms with E-state index in [4.69, 9.17) is 4.74 Å². The zero-order valence-electron chi connectivity index (χ0n) is 15.1. The van der Waals surface area contributed by atoms with Crippen molar-refractivity contribution in [2.75, 3.05) is 45.2 Å². The van der Waals surface area contributed by atoms with Gasteiger partial charge in [-0.1, -0.05) is 6.07 Å². The molecule has 26 heavy (non-hydrogen) atoms. The van der Waals surface area contributed by atoms with Gasteiger partial charge in [-0.25, -0.2) is 0 Å². The third-order valence-electron chi connectivity index (χ3n) is 4.43. The lowest BCUT2D eigenvalue weighted by Gasteiger charge is -2.35. The Morgan fingerprint density at radius 3 is 2.50 bits per heavy atom. The molecule has 1 fully saturated rings. The molecule has 1 atom stereocenters. The van der Waals surface area contributed by atoms with Crippen LogP contribution in [0.3, 0.4) is 0 Å². The minimum Gasteiger partial charge on any atom is -0.497 e. The van der Waals surface area contributed by atoms with Crippen LogP contribution in [-0.2, 0) is 14.4 Å². The molecule has 0 saturated carbocycles. The normalized spacial score (nSPS) is 16.0. The van der Waals surface area contributed by atoms with Crippen LogP contribution in [0.4, 0.5) is 5.69 Å². The topological polar surface area (TPSA) is 99.2 Å². The zero-order chi connectivity index (χ0) is 19.1. The highest BCUT2D eigenvalue weighted by Crippen LogP contribution is 2.18. The molecule has 8 heteroatoms. The molecule has 0 unspecified atom stereocenters. The Bertz CT molecular complexity index is 656. The van der Waals surface area contributed by atoms with Crippen molar-refractivity contribution in [1.82, 2.24) is 9.80 Å². The number of hydrogen-bond acceptors (Lipinski definition) is 5. The number of nitrogens with one attached hydrogen (secondary N) is 1. The van der Waals surface area contributed by atoms with Gasteiger partial charge >= 0.3 is 5.97 Å². The minimum atomic E-state index is -1.00. The molecule has 1 saturated heterocycles. The van der Waals surface area contributed by atoms with Crippen LogP contribution in [-0.4, -0.2) is 72.5 Å². The van der Waals surface area contributed by atoms with E-state index >= 15 is 0 Å². The molecule has 8 nitrogen and oxygen atoms in total. The lowest BCUT2D eigenvalue weighted by molar-refractivity contribution is -0.144. The summed E-state index contributed by atoms with van der Waals surface area (Å²) in [6.07, 6.45) is -0.112. The number of anilines is 1. The summed E-state index contributed by atoms with van der Waals surface area (Å²) < 4.78 is 5.10. The number of amides is 2. The summed E-state index contributed by atoms with van der Waals surface area (Å²) in [4.78, 5) is 38.8. The molecular weight excluding hydrogens is 338 g/mol. The first-order chi connectivity index (χ1) is 12.4. The predicted molar refractivity (Wildman–Crippen MR) is 96.1 cm³/mol. The first-order valence-corrected chi connectivity index (χ1v) is 8.53.